The van der Waals surface area contributed by atoms with Gasteiger partial charge in [-0.2, -0.15) is 0 Å². The Labute approximate surface area is 129 Å². The van der Waals surface area contributed by atoms with Crippen molar-refractivity contribution in [3.8, 4) is 0 Å². The smallest absolute Gasteiger partial charge is 0.211 e. The van der Waals surface area contributed by atoms with Crippen molar-refractivity contribution in [1.82, 2.24) is 4.72 Å². The second-order valence-electron chi connectivity index (χ2n) is 5.74. The van der Waals surface area contributed by atoms with Crippen LogP contribution in [0.4, 0.5) is 4.39 Å². The van der Waals surface area contributed by atoms with Crippen molar-refractivity contribution in [2.45, 2.75) is 37.0 Å². The Morgan fingerprint density at radius 2 is 1.76 bits per heavy atom. The summed E-state index contributed by atoms with van der Waals surface area (Å²) in [5, 5.41) is 0. The van der Waals surface area contributed by atoms with Crippen molar-refractivity contribution in [3.63, 3.8) is 0 Å². The summed E-state index contributed by atoms with van der Waals surface area (Å²) in [5.74, 6) is -1.17. The Kier molecular flexibility index (Phi) is 5.41. The number of nitrogens with one attached hydrogen (secondary N) is 1. The predicted octanol–water partition coefficient (Wildman–Crippen LogP) is 2.47. The molecule has 120 valence electrons. The fourth-order valence-corrected chi connectivity index (χ4v) is 3.34. The number of sulfonamides is 1. The van der Waals surface area contributed by atoms with Gasteiger partial charge in [-0.1, -0.05) is 20.8 Å². The van der Waals surface area contributed by atoms with Crippen molar-refractivity contribution in [2.75, 3.05) is 6.54 Å². The van der Waals surface area contributed by atoms with Gasteiger partial charge in [-0.05, 0) is 30.0 Å². The summed E-state index contributed by atoms with van der Waals surface area (Å²) in [4.78, 5) is -1.10. The van der Waals surface area contributed by atoms with Crippen LogP contribution >= 0.6 is 10.7 Å². The van der Waals surface area contributed by atoms with Crippen LogP contribution in [-0.4, -0.2) is 23.4 Å². The Balaban J connectivity index is 3.00. The Bertz CT molecular complexity index is 724. The highest BCUT2D eigenvalue weighted by Gasteiger charge is 2.22. The molecule has 21 heavy (non-hydrogen) atoms. The summed E-state index contributed by atoms with van der Waals surface area (Å²) < 4.78 is 62.1. The van der Waals surface area contributed by atoms with Gasteiger partial charge in [0.25, 0.3) is 9.05 Å². The molecule has 0 aliphatic carbocycles. The average Bonchev–Trinajstić information content (AvgIpc) is 2.24. The van der Waals surface area contributed by atoms with Gasteiger partial charge in [0.2, 0.25) is 10.0 Å². The summed E-state index contributed by atoms with van der Waals surface area (Å²) >= 11 is 0. The van der Waals surface area contributed by atoms with Crippen molar-refractivity contribution in [1.29, 1.82) is 0 Å². The highest BCUT2D eigenvalue weighted by Crippen LogP contribution is 2.22. The van der Waals surface area contributed by atoms with E-state index in [9.17, 15) is 21.2 Å². The van der Waals surface area contributed by atoms with E-state index in [0.29, 0.717) is 12.5 Å². The van der Waals surface area contributed by atoms with Crippen LogP contribution in [0.25, 0.3) is 0 Å². The lowest BCUT2D eigenvalue weighted by molar-refractivity contribution is 0.378. The normalized spacial score (nSPS) is 13.4. The van der Waals surface area contributed by atoms with Gasteiger partial charge in [-0.25, -0.2) is 25.9 Å². The molecule has 1 rings (SSSR count). The van der Waals surface area contributed by atoms with Crippen molar-refractivity contribution < 1.29 is 21.2 Å². The average molecular weight is 358 g/mol. The van der Waals surface area contributed by atoms with Gasteiger partial charge in [0.05, 0.1) is 4.90 Å². The van der Waals surface area contributed by atoms with Gasteiger partial charge < -0.3 is 0 Å². The van der Waals surface area contributed by atoms with Crippen LogP contribution in [0.3, 0.4) is 0 Å². The number of hydrogen-bond acceptors (Lipinski definition) is 4. The predicted molar refractivity (Wildman–Crippen MR) is 78.7 cm³/mol. The fraction of sp³-hybridized carbons (Fsp3) is 0.500. The van der Waals surface area contributed by atoms with E-state index < -0.39 is 34.7 Å². The standard InChI is InChI=1S/C12H17ClFNO4S2/c1-12(2,3)6-7-15-21(18,19)11-5-4-9(8-10(11)14)20(13,16)17/h4-5,8,15H,6-7H2,1-3H3. The third kappa shape index (κ3) is 5.54. The first-order chi connectivity index (χ1) is 9.33. The van der Waals surface area contributed by atoms with Crippen LogP contribution in [0, 0.1) is 11.2 Å². The van der Waals surface area contributed by atoms with Crippen molar-refractivity contribution in [2.24, 2.45) is 5.41 Å². The van der Waals surface area contributed by atoms with Crippen LogP contribution < -0.4 is 4.72 Å². The summed E-state index contributed by atoms with van der Waals surface area (Å²) in [5.41, 5.74) is -0.0718. The van der Waals surface area contributed by atoms with Crippen LogP contribution in [0.1, 0.15) is 27.2 Å². The van der Waals surface area contributed by atoms with Crippen molar-refractivity contribution in [3.05, 3.63) is 24.0 Å². The number of rotatable bonds is 5. The molecule has 0 fully saturated rings. The molecule has 0 radical (unpaired) electrons. The SMILES string of the molecule is CC(C)(C)CCNS(=O)(=O)c1ccc(S(=O)(=O)Cl)cc1F. The van der Waals surface area contributed by atoms with Crippen LogP contribution in [0.15, 0.2) is 28.0 Å². The summed E-state index contributed by atoms with van der Waals surface area (Å²) in [7, 11) is -3.07. The first-order valence-corrected chi connectivity index (χ1v) is 9.86. The molecule has 0 heterocycles. The molecule has 0 aliphatic rings. The van der Waals surface area contributed by atoms with E-state index in [1.807, 2.05) is 20.8 Å². The molecule has 0 saturated carbocycles. The summed E-state index contributed by atoms with van der Waals surface area (Å²) in [6, 6.07) is 2.41. The topological polar surface area (TPSA) is 80.3 Å². The van der Waals surface area contributed by atoms with E-state index in [0.717, 1.165) is 12.1 Å². The van der Waals surface area contributed by atoms with Gasteiger partial charge >= 0.3 is 0 Å². The lowest BCUT2D eigenvalue weighted by Crippen LogP contribution is -2.28. The minimum absolute atomic E-state index is 0.0718. The third-order valence-corrected chi connectivity index (χ3v) is 5.49. The molecule has 5 nitrogen and oxygen atoms in total. The molecule has 9 heteroatoms. The third-order valence-electron chi connectivity index (χ3n) is 2.64. The minimum Gasteiger partial charge on any atom is -0.211 e. The summed E-state index contributed by atoms with van der Waals surface area (Å²) in [6.45, 7) is 5.99. The van der Waals surface area contributed by atoms with E-state index in [2.05, 4.69) is 4.72 Å². The first kappa shape index (κ1) is 18.3. The fourth-order valence-electron chi connectivity index (χ4n) is 1.49. The van der Waals surface area contributed by atoms with Crippen LogP contribution in [-0.2, 0) is 19.1 Å². The van der Waals surface area contributed by atoms with Crippen molar-refractivity contribution >= 4 is 29.8 Å². The zero-order valence-electron chi connectivity index (χ0n) is 11.9. The molecule has 1 N–H and O–H groups in total. The Morgan fingerprint density at radius 3 is 2.19 bits per heavy atom. The monoisotopic (exact) mass is 357 g/mol. The lowest BCUT2D eigenvalue weighted by Gasteiger charge is -2.18. The molecule has 1 aromatic rings. The molecule has 0 aromatic heterocycles. The molecular formula is C12H17ClFNO4S2. The highest BCUT2D eigenvalue weighted by molar-refractivity contribution is 8.13. The molecule has 0 bridgehead atoms. The van der Waals surface area contributed by atoms with Gasteiger partial charge in [0, 0.05) is 17.2 Å². The van der Waals surface area contributed by atoms with Gasteiger partial charge in [-0.15, -0.1) is 0 Å². The quantitative estimate of drug-likeness (QED) is 0.821. The van der Waals surface area contributed by atoms with E-state index in [-0.39, 0.29) is 12.0 Å². The minimum atomic E-state index is -4.11. The first-order valence-electron chi connectivity index (χ1n) is 6.07. The molecule has 0 amide bonds. The number of halogens is 2. The molecule has 0 atom stereocenters. The van der Waals surface area contributed by atoms with E-state index in [4.69, 9.17) is 10.7 Å². The zero-order chi connectivity index (χ0) is 16.5. The molecular weight excluding hydrogens is 341 g/mol. The highest BCUT2D eigenvalue weighted by atomic mass is 35.7. The Hall–Kier alpha value is -0.700. The number of benzene rings is 1. The van der Waals surface area contributed by atoms with Crippen LogP contribution in [0.5, 0.6) is 0 Å². The number of hydrogen-bond donors (Lipinski definition) is 1. The van der Waals surface area contributed by atoms with E-state index >= 15 is 0 Å². The Morgan fingerprint density at radius 1 is 1.19 bits per heavy atom. The van der Waals surface area contributed by atoms with E-state index in [1.54, 1.807) is 0 Å². The van der Waals surface area contributed by atoms with E-state index in [1.165, 1.54) is 0 Å². The van der Waals surface area contributed by atoms with Gasteiger partial charge in [-0.3, -0.25) is 0 Å². The largest absolute Gasteiger partial charge is 0.261 e. The molecule has 0 saturated heterocycles. The van der Waals surface area contributed by atoms with Gasteiger partial charge in [0.15, 0.2) is 0 Å². The van der Waals surface area contributed by atoms with Gasteiger partial charge in [0.1, 0.15) is 10.7 Å². The molecule has 0 aliphatic heterocycles. The second-order valence-corrected chi connectivity index (χ2v) is 10.0. The zero-order valence-corrected chi connectivity index (χ0v) is 14.2. The molecule has 0 unspecified atom stereocenters. The summed E-state index contributed by atoms with van der Waals surface area (Å²) in [6.07, 6.45) is 0.571. The van der Waals surface area contributed by atoms with Crippen LogP contribution in [0.2, 0.25) is 0 Å². The molecule has 1 aromatic carbocycles. The lowest BCUT2D eigenvalue weighted by atomic mass is 9.93. The maximum absolute atomic E-state index is 13.8. The maximum Gasteiger partial charge on any atom is 0.261 e. The molecule has 0 spiro atoms. The maximum atomic E-state index is 13.8. The second kappa shape index (κ2) is 6.20.